The molecule has 7 aromatic carbocycles. The highest BCUT2D eigenvalue weighted by Crippen LogP contribution is 2.46. The molecule has 0 saturated carbocycles. The summed E-state index contributed by atoms with van der Waals surface area (Å²) in [6, 6.07) is 56.9. The molecular weight excluding hydrogens is 482 g/mol. The summed E-state index contributed by atoms with van der Waals surface area (Å²) < 4.78 is 0. The van der Waals surface area contributed by atoms with Gasteiger partial charge in [0.1, 0.15) is 0 Å². The standard InChI is InChI=1S/C39H29N/c1-28-12-9-19-33(26-28)40(34-20-10-18-32(27-34)29-13-3-2-4-14-29)38-25-24-31-16-6-8-22-36(31)39(38)37-23-11-17-30-15-5-7-21-35(30)37/h2-27H,1H3. The van der Waals surface area contributed by atoms with Crippen molar-refractivity contribution in [3.8, 4) is 22.3 Å². The number of nitrogens with zero attached hydrogens (tertiary/aromatic N) is 1. The molecule has 0 spiro atoms. The Balaban J connectivity index is 1.55. The minimum atomic E-state index is 1.13. The van der Waals surface area contributed by atoms with E-state index in [2.05, 4.69) is 170 Å². The van der Waals surface area contributed by atoms with Crippen molar-refractivity contribution in [1.82, 2.24) is 0 Å². The van der Waals surface area contributed by atoms with Gasteiger partial charge in [-0.05, 0) is 81.1 Å². The van der Waals surface area contributed by atoms with Gasteiger partial charge < -0.3 is 4.90 Å². The zero-order valence-corrected chi connectivity index (χ0v) is 22.5. The summed E-state index contributed by atoms with van der Waals surface area (Å²) in [5, 5.41) is 4.97. The van der Waals surface area contributed by atoms with Crippen molar-refractivity contribution in [1.29, 1.82) is 0 Å². The predicted molar refractivity (Wildman–Crippen MR) is 172 cm³/mol. The number of benzene rings is 7. The third kappa shape index (κ3) is 4.32. The maximum atomic E-state index is 2.42. The first-order valence-electron chi connectivity index (χ1n) is 13.8. The molecule has 0 radical (unpaired) electrons. The Kier molecular flexibility index (Phi) is 6.11. The van der Waals surface area contributed by atoms with E-state index < -0.39 is 0 Å². The molecule has 0 fully saturated rings. The molecule has 0 bridgehead atoms. The lowest BCUT2D eigenvalue weighted by molar-refractivity contribution is 1.28. The zero-order valence-electron chi connectivity index (χ0n) is 22.5. The zero-order chi connectivity index (χ0) is 26.9. The van der Waals surface area contributed by atoms with Crippen LogP contribution in [0, 0.1) is 6.92 Å². The van der Waals surface area contributed by atoms with E-state index in [1.165, 1.54) is 49.4 Å². The van der Waals surface area contributed by atoms with Crippen molar-refractivity contribution < 1.29 is 0 Å². The SMILES string of the molecule is Cc1cccc(N(c2cccc(-c3ccccc3)c2)c2ccc3ccccc3c2-c2cccc3ccccc23)c1. The van der Waals surface area contributed by atoms with Crippen LogP contribution in [0.25, 0.3) is 43.8 Å². The molecule has 0 aliphatic rings. The lowest BCUT2D eigenvalue weighted by Gasteiger charge is -2.29. The van der Waals surface area contributed by atoms with E-state index in [1.54, 1.807) is 0 Å². The Bertz CT molecular complexity index is 1960. The average molecular weight is 512 g/mol. The van der Waals surface area contributed by atoms with E-state index >= 15 is 0 Å². The van der Waals surface area contributed by atoms with Crippen LogP contribution in [0.15, 0.2) is 158 Å². The van der Waals surface area contributed by atoms with Gasteiger partial charge >= 0.3 is 0 Å². The number of aryl methyl sites for hydroxylation is 1. The molecule has 40 heavy (non-hydrogen) atoms. The predicted octanol–water partition coefficient (Wildman–Crippen LogP) is 11.1. The van der Waals surface area contributed by atoms with Gasteiger partial charge in [-0.3, -0.25) is 0 Å². The summed E-state index contributed by atoms with van der Waals surface area (Å²) in [7, 11) is 0. The molecule has 0 aliphatic heterocycles. The maximum absolute atomic E-state index is 2.42. The molecule has 0 unspecified atom stereocenters. The second-order valence-corrected chi connectivity index (χ2v) is 10.3. The first kappa shape index (κ1) is 23.9. The first-order chi connectivity index (χ1) is 19.8. The topological polar surface area (TPSA) is 3.24 Å². The Hall–Kier alpha value is -5.14. The maximum Gasteiger partial charge on any atom is 0.0546 e. The van der Waals surface area contributed by atoms with Gasteiger partial charge in [-0.25, -0.2) is 0 Å². The smallest absolute Gasteiger partial charge is 0.0546 e. The van der Waals surface area contributed by atoms with Gasteiger partial charge in [-0.1, -0.05) is 127 Å². The lowest BCUT2D eigenvalue weighted by Crippen LogP contribution is -2.12. The van der Waals surface area contributed by atoms with Gasteiger partial charge in [0, 0.05) is 16.9 Å². The quantitative estimate of drug-likeness (QED) is 0.222. The molecule has 1 nitrogen and oxygen atoms in total. The number of fused-ring (bicyclic) bond motifs is 2. The molecule has 0 atom stereocenters. The molecule has 7 aromatic rings. The van der Waals surface area contributed by atoms with Gasteiger partial charge in [0.15, 0.2) is 0 Å². The summed E-state index contributed by atoms with van der Waals surface area (Å²) in [4.78, 5) is 2.42. The van der Waals surface area contributed by atoms with Gasteiger partial charge in [0.05, 0.1) is 5.69 Å². The normalized spacial score (nSPS) is 11.1. The summed E-state index contributed by atoms with van der Waals surface area (Å²) in [6.45, 7) is 2.16. The van der Waals surface area contributed by atoms with Crippen LogP contribution >= 0.6 is 0 Å². The van der Waals surface area contributed by atoms with Crippen LogP contribution in [0.3, 0.4) is 0 Å². The summed E-state index contributed by atoms with van der Waals surface area (Å²) in [6.07, 6.45) is 0. The lowest BCUT2D eigenvalue weighted by atomic mass is 9.91. The average Bonchev–Trinajstić information content (AvgIpc) is 3.01. The number of rotatable bonds is 5. The van der Waals surface area contributed by atoms with Crippen molar-refractivity contribution in [3.63, 3.8) is 0 Å². The summed E-state index contributed by atoms with van der Waals surface area (Å²) in [5.41, 5.74) is 9.54. The van der Waals surface area contributed by atoms with E-state index in [9.17, 15) is 0 Å². The second-order valence-electron chi connectivity index (χ2n) is 10.3. The minimum Gasteiger partial charge on any atom is -0.310 e. The molecule has 0 N–H and O–H groups in total. The molecule has 0 heterocycles. The second kappa shape index (κ2) is 10.2. The van der Waals surface area contributed by atoms with Crippen molar-refractivity contribution in [3.05, 3.63) is 163 Å². The highest BCUT2D eigenvalue weighted by Gasteiger charge is 2.21. The van der Waals surface area contributed by atoms with Gasteiger partial charge in [-0.2, -0.15) is 0 Å². The molecule has 7 rings (SSSR count). The molecule has 190 valence electrons. The summed E-state index contributed by atoms with van der Waals surface area (Å²) in [5.74, 6) is 0. The van der Waals surface area contributed by atoms with Crippen molar-refractivity contribution >= 4 is 38.6 Å². The molecule has 0 saturated heterocycles. The van der Waals surface area contributed by atoms with Crippen LogP contribution in [0.2, 0.25) is 0 Å². The number of anilines is 3. The number of hydrogen-bond donors (Lipinski definition) is 0. The Labute approximate surface area is 235 Å². The monoisotopic (exact) mass is 511 g/mol. The number of hydrogen-bond acceptors (Lipinski definition) is 1. The molecule has 0 aromatic heterocycles. The largest absolute Gasteiger partial charge is 0.310 e. The van der Waals surface area contributed by atoms with Crippen LogP contribution < -0.4 is 4.90 Å². The third-order valence-corrected chi connectivity index (χ3v) is 7.68. The van der Waals surface area contributed by atoms with E-state index in [0.717, 1.165) is 17.1 Å². The molecule has 1 heteroatoms. The fourth-order valence-electron chi connectivity index (χ4n) is 5.82. The van der Waals surface area contributed by atoms with Crippen LogP contribution in [0.4, 0.5) is 17.1 Å². The molecule has 0 amide bonds. The van der Waals surface area contributed by atoms with Crippen molar-refractivity contribution in [2.75, 3.05) is 4.90 Å². The van der Waals surface area contributed by atoms with E-state index in [0.29, 0.717) is 0 Å². The summed E-state index contributed by atoms with van der Waals surface area (Å²) >= 11 is 0. The van der Waals surface area contributed by atoms with E-state index in [-0.39, 0.29) is 0 Å². The van der Waals surface area contributed by atoms with Crippen LogP contribution in [-0.2, 0) is 0 Å². The van der Waals surface area contributed by atoms with Crippen molar-refractivity contribution in [2.24, 2.45) is 0 Å². The molecular formula is C39H29N. The van der Waals surface area contributed by atoms with Crippen LogP contribution in [0.5, 0.6) is 0 Å². The highest BCUT2D eigenvalue weighted by atomic mass is 15.1. The van der Waals surface area contributed by atoms with Crippen LogP contribution in [-0.4, -0.2) is 0 Å². The van der Waals surface area contributed by atoms with E-state index in [4.69, 9.17) is 0 Å². The third-order valence-electron chi connectivity index (χ3n) is 7.68. The minimum absolute atomic E-state index is 1.13. The van der Waals surface area contributed by atoms with Crippen molar-refractivity contribution in [2.45, 2.75) is 6.92 Å². The van der Waals surface area contributed by atoms with E-state index in [1.807, 2.05) is 0 Å². The Morgan fingerprint density at radius 2 is 1.02 bits per heavy atom. The van der Waals surface area contributed by atoms with Gasteiger partial charge in [-0.15, -0.1) is 0 Å². The fourth-order valence-corrected chi connectivity index (χ4v) is 5.82. The first-order valence-corrected chi connectivity index (χ1v) is 13.8. The highest BCUT2D eigenvalue weighted by molar-refractivity contribution is 6.11. The fraction of sp³-hybridized carbons (Fsp3) is 0.0256. The molecule has 0 aliphatic carbocycles. The Morgan fingerprint density at radius 1 is 0.425 bits per heavy atom. The van der Waals surface area contributed by atoms with Crippen LogP contribution in [0.1, 0.15) is 5.56 Å². The van der Waals surface area contributed by atoms with Gasteiger partial charge in [0.25, 0.3) is 0 Å². The Morgan fingerprint density at radius 3 is 1.82 bits per heavy atom. The van der Waals surface area contributed by atoms with Gasteiger partial charge in [0.2, 0.25) is 0 Å².